The fourth-order valence-corrected chi connectivity index (χ4v) is 3.72. The quantitative estimate of drug-likeness (QED) is 0.371. The highest BCUT2D eigenvalue weighted by molar-refractivity contribution is 5.79. The molecule has 0 bridgehead atoms. The summed E-state index contributed by atoms with van der Waals surface area (Å²) in [7, 11) is 1.82. The Balaban J connectivity index is 1.45. The molecule has 0 spiro atoms. The number of benzene rings is 1. The van der Waals surface area contributed by atoms with Crippen molar-refractivity contribution in [1.29, 1.82) is 0 Å². The number of ether oxygens (including phenoxy) is 3. The Labute approximate surface area is 174 Å². The zero-order valence-corrected chi connectivity index (χ0v) is 17.9. The summed E-state index contributed by atoms with van der Waals surface area (Å²) in [4.78, 5) is 6.87. The first-order valence-electron chi connectivity index (χ1n) is 10.8. The fraction of sp³-hybridized carbons (Fsp3) is 0.682. The van der Waals surface area contributed by atoms with Crippen molar-refractivity contribution in [3.05, 3.63) is 35.4 Å². The maximum Gasteiger partial charge on any atom is 0.191 e. The normalized spacial score (nSPS) is 21.9. The molecule has 2 N–H and O–H groups in total. The number of hydrogen-bond donors (Lipinski definition) is 2. The molecule has 0 saturated carbocycles. The first-order chi connectivity index (χ1) is 14.3. The molecule has 2 fully saturated rings. The van der Waals surface area contributed by atoms with Crippen LogP contribution in [0.4, 0.5) is 0 Å². The minimum Gasteiger partial charge on any atom is -0.379 e. The van der Waals surface area contributed by atoms with Crippen LogP contribution >= 0.6 is 0 Å². The molecule has 29 heavy (non-hydrogen) atoms. The van der Waals surface area contributed by atoms with Gasteiger partial charge in [0, 0.05) is 46.4 Å². The van der Waals surface area contributed by atoms with Crippen LogP contribution in [0.25, 0.3) is 0 Å². The van der Waals surface area contributed by atoms with Gasteiger partial charge < -0.3 is 24.8 Å². The Morgan fingerprint density at radius 1 is 1.17 bits per heavy atom. The van der Waals surface area contributed by atoms with E-state index in [9.17, 15) is 0 Å². The van der Waals surface area contributed by atoms with Gasteiger partial charge in [-0.15, -0.1) is 0 Å². The number of guanidine groups is 1. The van der Waals surface area contributed by atoms with Crippen LogP contribution in [0.2, 0.25) is 0 Å². The van der Waals surface area contributed by atoms with Gasteiger partial charge in [0.05, 0.1) is 32.0 Å². The molecule has 1 aromatic rings. The fourth-order valence-electron chi connectivity index (χ4n) is 3.72. The Morgan fingerprint density at radius 3 is 2.66 bits per heavy atom. The molecular formula is C22H36N4O3. The lowest BCUT2D eigenvalue weighted by atomic mass is 10.0. The Bertz CT molecular complexity index is 611. The van der Waals surface area contributed by atoms with Crippen LogP contribution in [-0.4, -0.2) is 83.2 Å². The number of nitrogens with one attached hydrogen (secondary N) is 2. The van der Waals surface area contributed by atoms with Crippen molar-refractivity contribution >= 4 is 5.96 Å². The molecule has 2 atom stereocenters. The summed E-state index contributed by atoms with van der Waals surface area (Å²) in [5.41, 5.74) is 2.61. The topological polar surface area (TPSA) is 67.4 Å². The third-order valence-electron chi connectivity index (χ3n) is 5.49. The van der Waals surface area contributed by atoms with E-state index in [1.807, 2.05) is 7.05 Å². The predicted octanol–water partition coefficient (Wildman–Crippen LogP) is 1.73. The number of morpholine rings is 1. The van der Waals surface area contributed by atoms with Crippen LogP contribution in [-0.2, 0) is 14.2 Å². The third-order valence-corrected chi connectivity index (χ3v) is 5.49. The number of aryl methyl sites for hydroxylation is 1. The lowest BCUT2D eigenvalue weighted by Crippen LogP contribution is -2.46. The monoisotopic (exact) mass is 404 g/mol. The van der Waals surface area contributed by atoms with E-state index < -0.39 is 0 Å². The van der Waals surface area contributed by atoms with E-state index in [0.29, 0.717) is 6.04 Å². The van der Waals surface area contributed by atoms with Gasteiger partial charge in [0.2, 0.25) is 0 Å². The van der Waals surface area contributed by atoms with Crippen LogP contribution < -0.4 is 10.6 Å². The second-order valence-corrected chi connectivity index (χ2v) is 7.66. The van der Waals surface area contributed by atoms with Crippen molar-refractivity contribution in [1.82, 2.24) is 15.5 Å². The molecule has 2 saturated heterocycles. The minimum atomic E-state index is 0.274. The van der Waals surface area contributed by atoms with Crippen molar-refractivity contribution in [3.63, 3.8) is 0 Å². The van der Waals surface area contributed by atoms with Crippen molar-refractivity contribution in [2.45, 2.75) is 31.9 Å². The van der Waals surface area contributed by atoms with Crippen molar-refractivity contribution in [2.75, 3.05) is 66.3 Å². The van der Waals surface area contributed by atoms with Crippen LogP contribution in [0, 0.1) is 6.92 Å². The SMILES string of the molecule is CN=C(NCCCOC1CCOC1)NCC(c1ccc(C)cc1)N1CCOCC1. The van der Waals surface area contributed by atoms with E-state index in [-0.39, 0.29) is 6.10 Å². The summed E-state index contributed by atoms with van der Waals surface area (Å²) in [6, 6.07) is 9.13. The van der Waals surface area contributed by atoms with E-state index in [1.165, 1.54) is 11.1 Å². The second-order valence-electron chi connectivity index (χ2n) is 7.66. The Morgan fingerprint density at radius 2 is 1.97 bits per heavy atom. The molecule has 7 nitrogen and oxygen atoms in total. The van der Waals surface area contributed by atoms with E-state index >= 15 is 0 Å². The van der Waals surface area contributed by atoms with Gasteiger partial charge in [-0.05, 0) is 25.3 Å². The molecule has 2 aliphatic rings. The highest BCUT2D eigenvalue weighted by Crippen LogP contribution is 2.21. The van der Waals surface area contributed by atoms with E-state index in [4.69, 9.17) is 14.2 Å². The molecule has 0 amide bonds. The van der Waals surface area contributed by atoms with Gasteiger partial charge in [0.1, 0.15) is 0 Å². The molecule has 2 aliphatic heterocycles. The third kappa shape index (κ3) is 7.26. The van der Waals surface area contributed by atoms with Crippen molar-refractivity contribution < 1.29 is 14.2 Å². The van der Waals surface area contributed by atoms with Gasteiger partial charge in [-0.3, -0.25) is 9.89 Å². The lowest BCUT2D eigenvalue weighted by Gasteiger charge is -2.35. The molecule has 3 rings (SSSR count). The molecular weight excluding hydrogens is 368 g/mol. The Hall–Kier alpha value is -1.67. The van der Waals surface area contributed by atoms with Crippen LogP contribution in [0.5, 0.6) is 0 Å². The van der Waals surface area contributed by atoms with Crippen molar-refractivity contribution in [3.8, 4) is 0 Å². The summed E-state index contributed by atoms with van der Waals surface area (Å²) in [6.07, 6.45) is 2.23. The van der Waals surface area contributed by atoms with Crippen LogP contribution in [0.1, 0.15) is 30.0 Å². The van der Waals surface area contributed by atoms with E-state index in [2.05, 4.69) is 51.7 Å². The summed E-state index contributed by atoms with van der Waals surface area (Å²) in [5.74, 6) is 0.833. The van der Waals surface area contributed by atoms with Gasteiger partial charge in [-0.2, -0.15) is 0 Å². The van der Waals surface area contributed by atoms with Gasteiger partial charge in [-0.1, -0.05) is 29.8 Å². The van der Waals surface area contributed by atoms with Gasteiger partial charge in [0.15, 0.2) is 5.96 Å². The molecule has 2 unspecified atom stereocenters. The average molecular weight is 405 g/mol. The molecule has 0 aliphatic carbocycles. The van der Waals surface area contributed by atoms with Crippen molar-refractivity contribution in [2.24, 2.45) is 4.99 Å². The second kappa shape index (κ2) is 12.1. The van der Waals surface area contributed by atoms with E-state index in [0.717, 1.165) is 78.0 Å². The number of hydrogen-bond acceptors (Lipinski definition) is 5. The summed E-state index contributed by atoms with van der Waals surface area (Å²) in [5, 5.41) is 6.91. The molecule has 7 heteroatoms. The van der Waals surface area contributed by atoms with E-state index in [1.54, 1.807) is 0 Å². The predicted molar refractivity (Wildman–Crippen MR) is 115 cm³/mol. The lowest BCUT2D eigenvalue weighted by molar-refractivity contribution is 0.0170. The molecule has 0 radical (unpaired) electrons. The zero-order chi connectivity index (χ0) is 20.3. The number of rotatable bonds is 9. The largest absolute Gasteiger partial charge is 0.379 e. The Kier molecular flexibility index (Phi) is 9.21. The molecule has 2 heterocycles. The number of nitrogens with zero attached hydrogens (tertiary/aromatic N) is 2. The summed E-state index contributed by atoms with van der Waals surface area (Å²) >= 11 is 0. The van der Waals surface area contributed by atoms with Crippen LogP contribution in [0.15, 0.2) is 29.3 Å². The number of aliphatic imine (C=N–C) groups is 1. The minimum absolute atomic E-state index is 0.274. The average Bonchev–Trinajstić information content (AvgIpc) is 3.27. The van der Waals surface area contributed by atoms with Gasteiger partial charge in [0.25, 0.3) is 0 Å². The first kappa shape index (κ1) is 22.0. The highest BCUT2D eigenvalue weighted by atomic mass is 16.5. The zero-order valence-electron chi connectivity index (χ0n) is 17.9. The maximum atomic E-state index is 5.82. The summed E-state index contributed by atoms with van der Waals surface area (Å²) < 4.78 is 16.7. The van der Waals surface area contributed by atoms with Gasteiger partial charge >= 0.3 is 0 Å². The van der Waals surface area contributed by atoms with Gasteiger partial charge in [-0.25, -0.2) is 0 Å². The highest BCUT2D eigenvalue weighted by Gasteiger charge is 2.23. The maximum absolute atomic E-state index is 5.82. The standard InChI is InChI=1S/C22H36N4O3/c1-18-4-6-19(7-5-18)21(26-10-14-27-15-11-26)16-25-22(23-2)24-9-3-12-29-20-8-13-28-17-20/h4-7,20-21H,3,8-17H2,1-2H3,(H2,23,24,25). The first-order valence-corrected chi connectivity index (χ1v) is 10.8. The molecule has 162 valence electrons. The molecule has 0 aromatic heterocycles. The molecule has 1 aromatic carbocycles. The summed E-state index contributed by atoms with van der Waals surface area (Å²) in [6.45, 7) is 9.56. The smallest absolute Gasteiger partial charge is 0.191 e. The van der Waals surface area contributed by atoms with Crippen LogP contribution in [0.3, 0.4) is 0 Å².